The predicted octanol–water partition coefficient (Wildman–Crippen LogP) is 1.98. The van der Waals surface area contributed by atoms with Gasteiger partial charge in [-0.3, -0.25) is 10.7 Å². The fraction of sp³-hybridized carbons (Fsp3) is 0.111. The van der Waals surface area contributed by atoms with Crippen LogP contribution in [0.1, 0.15) is 0 Å². The zero-order valence-corrected chi connectivity index (χ0v) is 6.78. The minimum atomic E-state index is 0.716. The highest BCUT2D eigenvalue weighted by Gasteiger charge is 1.97. The Hall–Kier alpha value is -1.48. The molecule has 0 saturated heterocycles. The zero-order valence-electron chi connectivity index (χ0n) is 6.78. The van der Waals surface area contributed by atoms with Crippen molar-refractivity contribution in [1.29, 1.82) is 0 Å². The fourth-order valence-corrected chi connectivity index (χ4v) is 1.35. The third-order valence-electron chi connectivity index (χ3n) is 2.01. The minimum Gasteiger partial charge on any atom is -0.351 e. The molecule has 3 nitrogen and oxygen atoms in total. The maximum atomic E-state index is 8.65. The Morgan fingerprint density at radius 3 is 2.92 bits per heavy atom. The van der Waals surface area contributed by atoms with Crippen LogP contribution in [0.25, 0.3) is 10.9 Å². The van der Waals surface area contributed by atoms with Gasteiger partial charge in [0.2, 0.25) is 0 Å². The second-order valence-electron chi connectivity index (χ2n) is 2.81. The molecular weight excluding hydrogens is 152 g/mol. The SMILES string of the molecule is Cn1ccc2cc(NO)ccc21. The second-order valence-corrected chi connectivity index (χ2v) is 2.81. The van der Waals surface area contributed by atoms with E-state index >= 15 is 0 Å². The molecule has 0 saturated carbocycles. The van der Waals surface area contributed by atoms with Crippen LogP contribution in [-0.2, 0) is 7.05 Å². The van der Waals surface area contributed by atoms with E-state index in [0.29, 0.717) is 5.69 Å². The van der Waals surface area contributed by atoms with Crippen molar-refractivity contribution in [3.05, 3.63) is 30.5 Å². The first-order chi connectivity index (χ1) is 5.81. The first kappa shape index (κ1) is 7.18. The molecule has 3 heteroatoms. The highest BCUT2D eigenvalue weighted by atomic mass is 16.5. The molecule has 62 valence electrons. The summed E-state index contributed by atoms with van der Waals surface area (Å²) in [6.45, 7) is 0. The monoisotopic (exact) mass is 162 g/mol. The van der Waals surface area contributed by atoms with Crippen molar-refractivity contribution < 1.29 is 5.21 Å². The Bertz CT molecular complexity index is 406. The molecule has 0 aliphatic rings. The van der Waals surface area contributed by atoms with Crippen LogP contribution >= 0.6 is 0 Å². The van der Waals surface area contributed by atoms with Crippen molar-refractivity contribution in [3.8, 4) is 0 Å². The molecule has 1 aromatic carbocycles. The third-order valence-corrected chi connectivity index (χ3v) is 2.01. The summed E-state index contributed by atoms with van der Waals surface area (Å²) in [5.74, 6) is 0. The lowest BCUT2D eigenvalue weighted by Crippen LogP contribution is -1.88. The molecule has 0 atom stereocenters. The standard InChI is InChI=1S/C9H10N2O/c1-11-5-4-7-6-8(10-12)2-3-9(7)11/h2-6,10,12H,1H3. The van der Waals surface area contributed by atoms with Gasteiger partial charge < -0.3 is 4.57 Å². The van der Waals surface area contributed by atoms with Crippen LogP contribution < -0.4 is 5.48 Å². The van der Waals surface area contributed by atoms with Gasteiger partial charge in [0.05, 0.1) is 5.69 Å². The van der Waals surface area contributed by atoms with E-state index in [1.54, 1.807) is 0 Å². The highest BCUT2D eigenvalue weighted by molar-refractivity contribution is 5.83. The minimum absolute atomic E-state index is 0.716. The van der Waals surface area contributed by atoms with Crippen molar-refractivity contribution in [3.63, 3.8) is 0 Å². The van der Waals surface area contributed by atoms with Gasteiger partial charge >= 0.3 is 0 Å². The summed E-state index contributed by atoms with van der Waals surface area (Å²) >= 11 is 0. The Morgan fingerprint density at radius 1 is 1.33 bits per heavy atom. The molecular formula is C9H10N2O. The second kappa shape index (κ2) is 2.53. The van der Waals surface area contributed by atoms with E-state index in [0.717, 1.165) is 10.9 Å². The van der Waals surface area contributed by atoms with E-state index in [4.69, 9.17) is 5.21 Å². The number of benzene rings is 1. The Morgan fingerprint density at radius 2 is 2.17 bits per heavy atom. The predicted molar refractivity (Wildman–Crippen MR) is 48.3 cm³/mol. The topological polar surface area (TPSA) is 37.2 Å². The van der Waals surface area contributed by atoms with Gasteiger partial charge in [-0.1, -0.05) is 0 Å². The van der Waals surface area contributed by atoms with Crippen LogP contribution in [0.2, 0.25) is 0 Å². The Balaban J connectivity index is 2.69. The van der Waals surface area contributed by atoms with Gasteiger partial charge in [-0.15, -0.1) is 0 Å². The molecule has 2 N–H and O–H groups in total. The lowest BCUT2D eigenvalue weighted by molar-refractivity contribution is 0.389. The van der Waals surface area contributed by atoms with E-state index in [1.807, 2.05) is 42.1 Å². The van der Waals surface area contributed by atoms with Crippen molar-refractivity contribution in [2.75, 3.05) is 5.48 Å². The smallest absolute Gasteiger partial charge is 0.0609 e. The number of aryl methyl sites for hydroxylation is 1. The van der Waals surface area contributed by atoms with Gasteiger partial charge in [0.15, 0.2) is 0 Å². The summed E-state index contributed by atoms with van der Waals surface area (Å²) in [5.41, 5.74) is 4.00. The molecule has 0 unspecified atom stereocenters. The van der Waals surface area contributed by atoms with E-state index in [-0.39, 0.29) is 0 Å². The molecule has 0 aliphatic carbocycles. The average molecular weight is 162 g/mol. The van der Waals surface area contributed by atoms with E-state index in [9.17, 15) is 0 Å². The number of rotatable bonds is 1. The number of hydrogen-bond donors (Lipinski definition) is 2. The van der Waals surface area contributed by atoms with Gasteiger partial charge in [0.25, 0.3) is 0 Å². The van der Waals surface area contributed by atoms with Crippen molar-refractivity contribution in [1.82, 2.24) is 4.57 Å². The van der Waals surface area contributed by atoms with Crippen molar-refractivity contribution in [2.24, 2.45) is 7.05 Å². The molecule has 2 rings (SSSR count). The van der Waals surface area contributed by atoms with Crippen LogP contribution in [0, 0.1) is 0 Å². The number of hydrogen-bond acceptors (Lipinski definition) is 2. The summed E-state index contributed by atoms with van der Waals surface area (Å²) < 4.78 is 2.04. The zero-order chi connectivity index (χ0) is 8.55. The molecule has 0 bridgehead atoms. The number of aromatic nitrogens is 1. The van der Waals surface area contributed by atoms with Crippen LogP contribution in [0.4, 0.5) is 5.69 Å². The molecule has 0 aliphatic heterocycles. The number of anilines is 1. The molecule has 0 spiro atoms. The van der Waals surface area contributed by atoms with E-state index in [2.05, 4.69) is 5.48 Å². The quantitative estimate of drug-likeness (QED) is 0.629. The fourth-order valence-electron chi connectivity index (χ4n) is 1.35. The highest BCUT2D eigenvalue weighted by Crippen LogP contribution is 2.18. The van der Waals surface area contributed by atoms with Gasteiger partial charge in [-0.2, -0.15) is 0 Å². The van der Waals surface area contributed by atoms with E-state index < -0.39 is 0 Å². The van der Waals surface area contributed by atoms with Gasteiger partial charge in [-0.05, 0) is 24.3 Å². The maximum absolute atomic E-state index is 8.65. The first-order valence-corrected chi connectivity index (χ1v) is 3.76. The number of nitrogens with one attached hydrogen (secondary N) is 1. The number of nitrogens with zero attached hydrogens (tertiary/aromatic N) is 1. The van der Waals surface area contributed by atoms with Gasteiger partial charge in [-0.25, -0.2) is 0 Å². The lowest BCUT2D eigenvalue weighted by Gasteiger charge is -1.99. The molecule has 0 fully saturated rings. The number of fused-ring (bicyclic) bond motifs is 1. The summed E-state index contributed by atoms with van der Waals surface area (Å²) in [7, 11) is 1.99. The van der Waals surface area contributed by atoms with E-state index in [1.165, 1.54) is 0 Å². The summed E-state index contributed by atoms with van der Waals surface area (Å²) in [6.07, 6.45) is 1.99. The van der Waals surface area contributed by atoms with Gasteiger partial charge in [0, 0.05) is 24.1 Å². The molecule has 12 heavy (non-hydrogen) atoms. The molecule has 2 aromatic rings. The summed E-state index contributed by atoms with van der Waals surface area (Å²) in [5, 5.41) is 9.77. The van der Waals surface area contributed by atoms with Crippen LogP contribution in [0.5, 0.6) is 0 Å². The van der Waals surface area contributed by atoms with Crippen LogP contribution in [0.15, 0.2) is 30.5 Å². The largest absolute Gasteiger partial charge is 0.351 e. The van der Waals surface area contributed by atoms with Crippen LogP contribution in [-0.4, -0.2) is 9.77 Å². The van der Waals surface area contributed by atoms with Crippen LogP contribution in [0.3, 0.4) is 0 Å². The van der Waals surface area contributed by atoms with Crippen molar-refractivity contribution in [2.45, 2.75) is 0 Å². The normalized spacial score (nSPS) is 10.5. The van der Waals surface area contributed by atoms with Crippen molar-refractivity contribution >= 4 is 16.6 Å². The lowest BCUT2D eigenvalue weighted by atomic mass is 10.2. The Kier molecular flexibility index (Phi) is 1.52. The molecule has 0 amide bonds. The molecule has 1 heterocycles. The third kappa shape index (κ3) is 0.950. The maximum Gasteiger partial charge on any atom is 0.0609 e. The molecule has 1 aromatic heterocycles. The van der Waals surface area contributed by atoms with Gasteiger partial charge in [0.1, 0.15) is 0 Å². The average Bonchev–Trinajstić information content (AvgIpc) is 2.47. The molecule has 0 radical (unpaired) electrons. The summed E-state index contributed by atoms with van der Waals surface area (Å²) in [4.78, 5) is 0. The first-order valence-electron chi connectivity index (χ1n) is 3.76. The summed E-state index contributed by atoms with van der Waals surface area (Å²) in [6, 6.07) is 7.71. The Labute approximate surface area is 70.2 Å².